The molecule has 1 unspecified atom stereocenters. The molecule has 1 saturated heterocycles. The molecule has 1 aromatic carbocycles. The number of aromatic nitrogens is 2. The van der Waals surface area contributed by atoms with Crippen LogP contribution < -0.4 is 5.56 Å². The Morgan fingerprint density at radius 2 is 1.92 bits per heavy atom. The van der Waals surface area contributed by atoms with Crippen LogP contribution in [0, 0.1) is 5.82 Å². The third-order valence-electron chi connectivity index (χ3n) is 5.97. The van der Waals surface area contributed by atoms with Crippen molar-refractivity contribution in [3.8, 4) is 0 Å². The van der Waals surface area contributed by atoms with E-state index < -0.39 is 5.82 Å². The summed E-state index contributed by atoms with van der Waals surface area (Å²) in [5.74, 6) is -0.429. The molecular formula is C20H26FN3O. The topological polar surface area (TPSA) is 38.1 Å². The summed E-state index contributed by atoms with van der Waals surface area (Å²) >= 11 is 0. The Labute approximate surface area is 147 Å². The molecule has 0 bridgehead atoms. The molecular weight excluding hydrogens is 317 g/mol. The molecule has 0 radical (unpaired) electrons. The summed E-state index contributed by atoms with van der Waals surface area (Å²) in [6.07, 6.45) is 11.6. The van der Waals surface area contributed by atoms with Gasteiger partial charge in [0.2, 0.25) is 0 Å². The summed E-state index contributed by atoms with van der Waals surface area (Å²) in [6.45, 7) is 1.86. The Bertz CT molecular complexity index is 797. The van der Waals surface area contributed by atoms with E-state index in [2.05, 4.69) is 9.88 Å². The van der Waals surface area contributed by atoms with Crippen LogP contribution in [-0.2, 0) is 6.54 Å². The third kappa shape index (κ3) is 3.34. The van der Waals surface area contributed by atoms with E-state index in [0.717, 1.165) is 12.5 Å². The molecule has 1 aromatic heterocycles. The Morgan fingerprint density at radius 1 is 1.12 bits per heavy atom. The molecule has 2 fully saturated rings. The van der Waals surface area contributed by atoms with Gasteiger partial charge >= 0.3 is 0 Å². The van der Waals surface area contributed by atoms with Gasteiger partial charge in [0.1, 0.15) is 11.3 Å². The highest BCUT2D eigenvalue weighted by molar-refractivity contribution is 5.77. The maximum absolute atomic E-state index is 13.8. The molecule has 2 aromatic rings. The van der Waals surface area contributed by atoms with E-state index in [1.165, 1.54) is 63.9 Å². The number of hydrogen-bond acceptors (Lipinski definition) is 3. The molecule has 4 rings (SSSR count). The van der Waals surface area contributed by atoms with Gasteiger partial charge in [-0.1, -0.05) is 25.3 Å². The van der Waals surface area contributed by atoms with Gasteiger partial charge in [0.05, 0.1) is 11.7 Å². The van der Waals surface area contributed by atoms with Crippen molar-refractivity contribution >= 4 is 10.9 Å². The summed E-state index contributed by atoms with van der Waals surface area (Å²) in [7, 11) is 0. The van der Waals surface area contributed by atoms with Gasteiger partial charge in [0.25, 0.3) is 5.56 Å². The molecule has 0 N–H and O–H groups in total. The fourth-order valence-electron chi connectivity index (χ4n) is 4.65. The van der Waals surface area contributed by atoms with Gasteiger partial charge < -0.3 is 0 Å². The van der Waals surface area contributed by atoms with Gasteiger partial charge in [-0.05, 0) is 50.8 Å². The van der Waals surface area contributed by atoms with Crippen LogP contribution in [0.2, 0.25) is 0 Å². The fraction of sp³-hybridized carbons (Fsp3) is 0.600. The Hall–Kier alpha value is -1.75. The zero-order valence-corrected chi connectivity index (χ0v) is 14.7. The highest BCUT2D eigenvalue weighted by atomic mass is 19.1. The van der Waals surface area contributed by atoms with E-state index in [4.69, 9.17) is 0 Å². The first kappa shape index (κ1) is 16.7. The van der Waals surface area contributed by atoms with Crippen LogP contribution in [0.5, 0.6) is 0 Å². The standard InChI is InChI=1S/C20H26FN3O/c21-18-10-5-9-17-19(18)22-14-23(20(17)25)13-11-16-8-3-4-12-24(16)15-6-1-2-7-15/h5,9-10,14-16H,1-4,6-8,11-13H2. The van der Waals surface area contributed by atoms with Gasteiger partial charge in [0.15, 0.2) is 0 Å². The lowest BCUT2D eigenvalue weighted by Gasteiger charge is -2.40. The van der Waals surface area contributed by atoms with Gasteiger partial charge in [-0.3, -0.25) is 14.3 Å². The number of fused-ring (bicyclic) bond motifs is 1. The average molecular weight is 343 g/mol. The van der Waals surface area contributed by atoms with Crippen molar-refractivity contribution in [1.82, 2.24) is 14.5 Å². The SMILES string of the molecule is O=c1c2cccc(F)c2ncn1CCC1CCCCN1C1CCCC1. The van der Waals surface area contributed by atoms with Crippen molar-refractivity contribution in [3.63, 3.8) is 0 Å². The number of piperidine rings is 1. The summed E-state index contributed by atoms with van der Waals surface area (Å²) < 4.78 is 15.4. The number of hydrogen-bond donors (Lipinski definition) is 0. The predicted octanol–water partition coefficient (Wildman–Crippen LogP) is 3.72. The monoisotopic (exact) mass is 343 g/mol. The predicted molar refractivity (Wildman–Crippen MR) is 97.2 cm³/mol. The minimum Gasteiger partial charge on any atom is -0.299 e. The van der Waals surface area contributed by atoms with E-state index in [1.54, 1.807) is 16.7 Å². The second kappa shape index (κ2) is 7.24. The van der Waals surface area contributed by atoms with Crippen molar-refractivity contribution in [1.29, 1.82) is 0 Å². The third-order valence-corrected chi connectivity index (χ3v) is 5.97. The molecule has 2 aliphatic rings. The molecule has 0 spiro atoms. The number of halogens is 1. The lowest BCUT2D eigenvalue weighted by molar-refractivity contribution is 0.0880. The molecule has 1 aliphatic heterocycles. The molecule has 134 valence electrons. The van der Waals surface area contributed by atoms with Crippen LogP contribution in [0.1, 0.15) is 51.4 Å². The molecule has 1 atom stereocenters. The normalized spacial score (nSPS) is 22.7. The van der Waals surface area contributed by atoms with Crippen LogP contribution in [-0.4, -0.2) is 33.1 Å². The molecule has 0 amide bonds. The van der Waals surface area contributed by atoms with Crippen LogP contribution >= 0.6 is 0 Å². The smallest absolute Gasteiger partial charge is 0.261 e. The summed E-state index contributed by atoms with van der Waals surface area (Å²) in [5, 5.41) is 0.374. The van der Waals surface area contributed by atoms with Crippen LogP contribution in [0.25, 0.3) is 10.9 Å². The number of nitrogens with zero attached hydrogens (tertiary/aromatic N) is 3. The maximum Gasteiger partial charge on any atom is 0.261 e. The number of para-hydroxylation sites is 1. The quantitative estimate of drug-likeness (QED) is 0.849. The largest absolute Gasteiger partial charge is 0.299 e. The highest BCUT2D eigenvalue weighted by Gasteiger charge is 2.30. The first-order valence-corrected chi connectivity index (χ1v) is 9.63. The molecule has 1 saturated carbocycles. The maximum atomic E-state index is 13.8. The van der Waals surface area contributed by atoms with E-state index in [0.29, 0.717) is 18.0 Å². The van der Waals surface area contributed by atoms with Crippen molar-refractivity contribution in [2.75, 3.05) is 6.54 Å². The number of likely N-dealkylation sites (tertiary alicyclic amines) is 1. The second-order valence-corrected chi connectivity index (χ2v) is 7.49. The van der Waals surface area contributed by atoms with Crippen LogP contribution in [0.4, 0.5) is 4.39 Å². The lowest BCUT2D eigenvalue weighted by Crippen LogP contribution is -2.45. The van der Waals surface area contributed by atoms with E-state index in [1.807, 2.05) is 0 Å². The fourth-order valence-corrected chi connectivity index (χ4v) is 4.65. The van der Waals surface area contributed by atoms with Gasteiger partial charge in [-0.2, -0.15) is 0 Å². The summed E-state index contributed by atoms with van der Waals surface area (Å²) in [5.41, 5.74) is 0.0433. The summed E-state index contributed by atoms with van der Waals surface area (Å²) in [6, 6.07) is 5.89. The van der Waals surface area contributed by atoms with E-state index >= 15 is 0 Å². The molecule has 2 heterocycles. The number of benzene rings is 1. The van der Waals surface area contributed by atoms with Crippen molar-refractivity contribution in [2.24, 2.45) is 0 Å². The van der Waals surface area contributed by atoms with Gasteiger partial charge in [0, 0.05) is 18.6 Å². The minimum absolute atomic E-state index is 0.132. The molecule has 1 aliphatic carbocycles. The zero-order valence-electron chi connectivity index (χ0n) is 14.7. The second-order valence-electron chi connectivity index (χ2n) is 7.49. The Balaban J connectivity index is 1.51. The van der Waals surface area contributed by atoms with E-state index in [9.17, 15) is 9.18 Å². The number of rotatable bonds is 4. The molecule has 25 heavy (non-hydrogen) atoms. The number of aryl methyl sites for hydroxylation is 1. The lowest BCUT2D eigenvalue weighted by atomic mass is 9.96. The van der Waals surface area contributed by atoms with Crippen molar-refractivity contribution in [2.45, 2.75) is 70.0 Å². The van der Waals surface area contributed by atoms with Gasteiger partial charge in [-0.15, -0.1) is 0 Å². The van der Waals surface area contributed by atoms with Crippen molar-refractivity contribution < 1.29 is 4.39 Å². The first-order chi connectivity index (χ1) is 12.2. The zero-order chi connectivity index (χ0) is 17.2. The van der Waals surface area contributed by atoms with Crippen LogP contribution in [0.3, 0.4) is 0 Å². The summed E-state index contributed by atoms with van der Waals surface area (Å²) in [4.78, 5) is 19.5. The average Bonchev–Trinajstić information content (AvgIpc) is 3.17. The first-order valence-electron chi connectivity index (χ1n) is 9.63. The molecule has 4 nitrogen and oxygen atoms in total. The Morgan fingerprint density at radius 3 is 2.76 bits per heavy atom. The Kier molecular flexibility index (Phi) is 4.84. The molecule has 5 heteroatoms. The minimum atomic E-state index is -0.429. The van der Waals surface area contributed by atoms with Crippen LogP contribution in [0.15, 0.2) is 29.3 Å². The van der Waals surface area contributed by atoms with Crippen molar-refractivity contribution in [3.05, 3.63) is 40.7 Å². The highest BCUT2D eigenvalue weighted by Crippen LogP contribution is 2.30. The van der Waals surface area contributed by atoms with E-state index in [-0.39, 0.29) is 11.1 Å². The van der Waals surface area contributed by atoms with Gasteiger partial charge in [-0.25, -0.2) is 9.37 Å².